The van der Waals surface area contributed by atoms with Crippen LogP contribution in [-0.2, 0) is 9.53 Å². The van der Waals surface area contributed by atoms with Crippen LogP contribution in [0.2, 0.25) is 0 Å². The highest BCUT2D eigenvalue weighted by molar-refractivity contribution is 5.95. The molecule has 7 nitrogen and oxygen atoms in total. The Morgan fingerprint density at radius 3 is 2.62 bits per heavy atom. The molecule has 1 saturated heterocycles. The number of nitro benzene ring substituents is 1. The molecule has 1 amide bonds. The molecule has 2 aromatic rings. The minimum Gasteiger partial charge on any atom is -0.379 e. The van der Waals surface area contributed by atoms with Gasteiger partial charge in [-0.3, -0.25) is 19.8 Å². The number of carbonyl (C=O) groups is 1. The topological polar surface area (TPSA) is 84.7 Å². The molecular formula is C19H21N3O4. The summed E-state index contributed by atoms with van der Waals surface area (Å²) in [5, 5.41) is 14.1. The highest BCUT2D eigenvalue weighted by Crippen LogP contribution is 2.27. The van der Waals surface area contributed by atoms with Crippen molar-refractivity contribution in [3.05, 3.63) is 69.8 Å². The summed E-state index contributed by atoms with van der Waals surface area (Å²) >= 11 is 0. The van der Waals surface area contributed by atoms with E-state index in [9.17, 15) is 14.9 Å². The number of nitrogens with zero attached hydrogens (tertiary/aromatic N) is 2. The van der Waals surface area contributed by atoms with Crippen LogP contribution in [0.4, 0.5) is 11.4 Å². The van der Waals surface area contributed by atoms with Crippen molar-refractivity contribution < 1.29 is 14.5 Å². The van der Waals surface area contributed by atoms with E-state index >= 15 is 0 Å². The van der Waals surface area contributed by atoms with Crippen molar-refractivity contribution in [2.45, 2.75) is 13.0 Å². The fourth-order valence-electron chi connectivity index (χ4n) is 3.11. The van der Waals surface area contributed by atoms with Crippen molar-refractivity contribution in [3.8, 4) is 0 Å². The van der Waals surface area contributed by atoms with Crippen molar-refractivity contribution in [2.24, 2.45) is 0 Å². The maximum absolute atomic E-state index is 13.0. The molecule has 1 fully saturated rings. The van der Waals surface area contributed by atoms with Gasteiger partial charge in [0.05, 0.1) is 18.1 Å². The van der Waals surface area contributed by atoms with Crippen LogP contribution in [-0.4, -0.2) is 42.0 Å². The van der Waals surface area contributed by atoms with E-state index in [1.54, 1.807) is 12.1 Å². The molecule has 2 aromatic carbocycles. The number of non-ortho nitro benzene ring substituents is 1. The van der Waals surface area contributed by atoms with E-state index in [2.05, 4.69) is 5.32 Å². The number of nitrogens with one attached hydrogen (secondary N) is 1. The van der Waals surface area contributed by atoms with Gasteiger partial charge in [-0.25, -0.2) is 0 Å². The average molecular weight is 355 g/mol. The molecule has 0 aliphatic carbocycles. The van der Waals surface area contributed by atoms with Gasteiger partial charge >= 0.3 is 0 Å². The third kappa shape index (κ3) is 4.25. The van der Waals surface area contributed by atoms with Crippen molar-refractivity contribution in [2.75, 3.05) is 31.6 Å². The molecule has 1 aliphatic heterocycles. The number of hydrogen-bond donors (Lipinski definition) is 1. The van der Waals surface area contributed by atoms with Crippen molar-refractivity contribution in [3.63, 3.8) is 0 Å². The first-order chi connectivity index (χ1) is 12.5. The first-order valence-corrected chi connectivity index (χ1v) is 8.48. The van der Waals surface area contributed by atoms with Gasteiger partial charge in [0.25, 0.3) is 5.69 Å². The summed E-state index contributed by atoms with van der Waals surface area (Å²) < 4.78 is 5.38. The number of morpholine rings is 1. The molecule has 0 saturated carbocycles. The second-order valence-electron chi connectivity index (χ2n) is 6.26. The zero-order chi connectivity index (χ0) is 18.5. The van der Waals surface area contributed by atoms with E-state index in [0.29, 0.717) is 37.6 Å². The number of benzene rings is 2. The Morgan fingerprint density at radius 1 is 1.19 bits per heavy atom. The Bertz CT molecular complexity index is 803. The van der Waals surface area contributed by atoms with E-state index in [-0.39, 0.29) is 11.6 Å². The zero-order valence-electron chi connectivity index (χ0n) is 14.6. The molecule has 1 atom stereocenters. The summed E-state index contributed by atoms with van der Waals surface area (Å²) in [4.78, 5) is 25.7. The van der Waals surface area contributed by atoms with Gasteiger partial charge in [0, 0.05) is 30.9 Å². The van der Waals surface area contributed by atoms with Gasteiger partial charge in [-0.1, -0.05) is 24.3 Å². The molecule has 0 aromatic heterocycles. The summed E-state index contributed by atoms with van der Waals surface area (Å²) in [6, 6.07) is 13.2. The maximum Gasteiger partial charge on any atom is 0.269 e. The molecule has 1 unspecified atom stereocenters. The number of aryl methyl sites for hydroxylation is 1. The summed E-state index contributed by atoms with van der Waals surface area (Å²) in [5.41, 5.74) is 2.33. The highest BCUT2D eigenvalue weighted by atomic mass is 16.6. The number of anilines is 1. The average Bonchev–Trinajstić information content (AvgIpc) is 2.63. The molecule has 26 heavy (non-hydrogen) atoms. The lowest BCUT2D eigenvalue weighted by Crippen LogP contribution is -2.43. The molecule has 1 aliphatic rings. The quantitative estimate of drug-likeness (QED) is 0.658. The normalized spacial score (nSPS) is 16.0. The summed E-state index contributed by atoms with van der Waals surface area (Å²) in [6.45, 7) is 4.20. The van der Waals surface area contributed by atoms with Gasteiger partial charge < -0.3 is 10.1 Å². The molecule has 7 heteroatoms. The predicted octanol–water partition coefficient (Wildman–Crippen LogP) is 2.92. The van der Waals surface area contributed by atoms with Crippen LogP contribution in [0.3, 0.4) is 0 Å². The second kappa shape index (κ2) is 8.07. The standard InChI is InChI=1S/C19H21N3O4/c1-14-4-2-6-16(12-14)20-19(23)18(21-8-10-26-11-9-21)15-5-3-7-17(13-15)22(24)25/h2-7,12-13,18H,8-11H2,1H3,(H,20,23). The van der Waals surface area contributed by atoms with Gasteiger partial charge in [0.1, 0.15) is 6.04 Å². The Morgan fingerprint density at radius 2 is 1.92 bits per heavy atom. The van der Waals surface area contributed by atoms with Crippen LogP contribution in [0.15, 0.2) is 48.5 Å². The van der Waals surface area contributed by atoms with E-state index in [0.717, 1.165) is 5.56 Å². The fourth-order valence-corrected chi connectivity index (χ4v) is 3.11. The van der Waals surface area contributed by atoms with Gasteiger partial charge in [-0.05, 0) is 30.2 Å². The lowest BCUT2D eigenvalue weighted by Gasteiger charge is -2.33. The number of amides is 1. The van der Waals surface area contributed by atoms with Crippen molar-refractivity contribution in [1.82, 2.24) is 4.90 Å². The summed E-state index contributed by atoms with van der Waals surface area (Å²) in [7, 11) is 0. The van der Waals surface area contributed by atoms with E-state index in [1.807, 2.05) is 36.1 Å². The molecule has 3 rings (SSSR count). The smallest absolute Gasteiger partial charge is 0.269 e. The fraction of sp³-hybridized carbons (Fsp3) is 0.316. The molecular weight excluding hydrogens is 334 g/mol. The predicted molar refractivity (Wildman–Crippen MR) is 98.0 cm³/mol. The van der Waals surface area contributed by atoms with Crippen molar-refractivity contribution >= 4 is 17.3 Å². The Balaban J connectivity index is 1.91. The summed E-state index contributed by atoms with van der Waals surface area (Å²) in [6.07, 6.45) is 0. The molecule has 1 N–H and O–H groups in total. The monoisotopic (exact) mass is 355 g/mol. The Kier molecular flexibility index (Phi) is 5.60. The number of rotatable bonds is 5. The number of ether oxygens (including phenoxy) is 1. The third-order valence-corrected chi connectivity index (χ3v) is 4.34. The summed E-state index contributed by atoms with van der Waals surface area (Å²) in [5.74, 6) is -0.210. The zero-order valence-corrected chi connectivity index (χ0v) is 14.6. The number of hydrogen-bond acceptors (Lipinski definition) is 5. The third-order valence-electron chi connectivity index (χ3n) is 4.34. The van der Waals surface area contributed by atoms with Crippen LogP contribution >= 0.6 is 0 Å². The SMILES string of the molecule is Cc1cccc(NC(=O)C(c2cccc([N+](=O)[O-])c2)N2CCOCC2)c1. The van der Waals surface area contributed by atoms with Gasteiger partial charge in [-0.2, -0.15) is 0 Å². The second-order valence-corrected chi connectivity index (χ2v) is 6.26. The number of carbonyl (C=O) groups excluding carboxylic acids is 1. The van der Waals surface area contributed by atoms with Gasteiger partial charge in [0.2, 0.25) is 5.91 Å². The Hall–Kier alpha value is -2.77. The Labute approximate surface area is 151 Å². The molecule has 136 valence electrons. The van der Waals surface area contributed by atoms with Crippen LogP contribution in [0, 0.1) is 17.0 Å². The van der Waals surface area contributed by atoms with Gasteiger partial charge in [0.15, 0.2) is 0 Å². The van der Waals surface area contributed by atoms with Crippen LogP contribution in [0.5, 0.6) is 0 Å². The lowest BCUT2D eigenvalue weighted by atomic mass is 10.0. The minimum absolute atomic E-state index is 0.0240. The van der Waals surface area contributed by atoms with Crippen LogP contribution in [0.1, 0.15) is 17.2 Å². The highest BCUT2D eigenvalue weighted by Gasteiger charge is 2.30. The molecule has 0 radical (unpaired) electrons. The largest absolute Gasteiger partial charge is 0.379 e. The molecule has 0 bridgehead atoms. The first kappa shape index (κ1) is 18.0. The van der Waals surface area contributed by atoms with E-state index in [4.69, 9.17) is 4.74 Å². The first-order valence-electron chi connectivity index (χ1n) is 8.48. The minimum atomic E-state index is -0.612. The lowest BCUT2D eigenvalue weighted by molar-refractivity contribution is -0.384. The maximum atomic E-state index is 13.0. The van der Waals surface area contributed by atoms with Gasteiger partial charge in [-0.15, -0.1) is 0 Å². The van der Waals surface area contributed by atoms with Crippen LogP contribution in [0.25, 0.3) is 0 Å². The van der Waals surface area contributed by atoms with Crippen LogP contribution < -0.4 is 5.32 Å². The molecule has 1 heterocycles. The molecule has 0 spiro atoms. The number of nitro groups is 1. The van der Waals surface area contributed by atoms with Crippen molar-refractivity contribution in [1.29, 1.82) is 0 Å². The van der Waals surface area contributed by atoms with E-state index < -0.39 is 11.0 Å². The van der Waals surface area contributed by atoms with E-state index in [1.165, 1.54) is 12.1 Å².